The fraction of sp³-hybridized carbons (Fsp3) is 0.571. The first-order valence-electron chi connectivity index (χ1n) is 6.65. The molecule has 0 aromatic heterocycles. The van der Waals surface area contributed by atoms with Crippen molar-refractivity contribution in [2.45, 2.75) is 43.5 Å². The molecule has 0 radical (unpaired) electrons. The van der Waals surface area contributed by atoms with Gasteiger partial charge in [0.15, 0.2) is 6.29 Å². The Bertz CT molecular complexity index is 523. The molecule has 2 rings (SSSR count). The molecule has 5 nitrogen and oxygen atoms in total. The van der Waals surface area contributed by atoms with Crippen molar-refractivity contribution in [1.82, 2.24) is 0 Å². The Labute approximate surface area is 120 Å². The largest absolute Gasteiger partial charge is 0.356 e. The van der Waals surface area contributed by atoms with E-state index in [4.69, 9.17) is 13.7 Å². The number of hydrogen-bond acceptors (Lipinski definition) is 5. The van der Waals surface area contributed by atoms with E-state index in [1.54, 1.807) is 31.4 Å². The highest BCUT2D eigenvalue weighted by Gasteiger charge is 2.25. The summed E-state index contributed by atoms with van der Waals surface area (Å²) >= 11 is 0. The van der Waals surface area contributed by atoms with E-state index in [0.717, 1.165) is 24.8 Å². The Hall–Kier alpha value is -0.950. The van der Waals surface area contributed by atoms with Gasteiger partial charge in [0.1, 0.15) is 0 Å². The van der Waals surface area contributed by atoms with Gasteiger partial charge in [-0.25, -0.2) is 0 Å². The predicted molar refractivity (Wildman–Crippen MR) is 73.8 cm³/mol. The van der Waals surface area contributed by atoms with Gasteiger partial charge in [-0.05, 0) is 38.3 Å². The Balaban J connectivity index is 1.94. The van der Waals surface area contributed by atoms with Gasteiger partial charge in [0.05, 0.1) is 17.6 Å². The minimum absolute atomic E-state index is 0.0239. The lowest BCUT2D eigenvalue weighted by molar-refractivity contribution is -0.185. The van der Waals surface area contributed by atoms with Crippen molar-refractivity contribution in [1.29, 1.82) is 0 Å². The fourth-order valence-corrected chi connectivity index (χ4v) is 3.03. The van der Waals surface area contributed by atoms with Crippen molar-refractivity contribution in [3.8, 4) is 0 Å². The summed E-state index contributed by atoms with van der Waals surface area (Å²) < 4.78 is 39.8. The molecule has 112 valence electrons. The highest BCUT2D eigenvalue weighted by molar-refractivity contribution is 7.86. The summed E-state index contributed by atoms with van der Waals surface area (Å²) in [4.78, 5) is 0.169. The van der Waals surface area contributed by atoms with Crippen LogP contribution in [0.4, 0.5) is 0 Å². The second kappa shape index (κ2) is 6.67. The molecule has 0 aliphatic carbocycles. The third kappa shape index (κ3) is 4.02. The van der Waals surface area contributed by atoms with E-state index >= 15 is 0 Å². The number of rotatable bonds is 5. The first kappa shape index (κ1) is 15.4. The van der Waals surface area contributed by atoms with Crippen molar-refractivity contribution >= 4 is 10.1 Å². The molecule has 0 spiro atoms. The lowest BCUT2D eigenvalue weighted by Gasteiger charge is -2.28. The van der Waals surface area contributed by atoms with Crippen LogP contribution in [0.1, 0.15) is 24.8 Å². The molecule has 1 heterocycles. The smallest absolute Gasteiger partial charge is 0.297 e. The van der Waals surface area contributed by atoms with Crippen LogP contribution < -0.4 is 0 Å². The first-order chi connectivity index (χ1) is 9.51. The summed E-state index contributed by atoms with van der Waals surface area (Å²) in [6.45, 7) is 1.92. The molecule has 1 aliphatic heterocycles. The van der Waals surface area contributed by atoms with E-state index in [-0.39, 0.29) is 23.9 Å². The maximum Gasteiger partial charge on any atom is 0.297 e. The average molecular weight is 300 g/mol. The molecule has 20 heavy (non-hydrogen) atoms. The number of benzene rings is 1. The van der Waals surface area contributed by atoms with Crippen molar-refractivity contribution in [3.05, 3.63) is 29.8 Å². The molecule has 0 amide bonds. The van der Waals surface area contributed by atoms with Crippen LogP contribution in [0.2, 0.25) is 0 Å². The minimum atomic E-state index is -3.72. The molecule has 1 aromatic carbocycles. The second-order valence-corrected chi connectivity index (χ2v) is 6.52. The zero-order valence-electron chi connectivity index (χ0n) is 11.7. The summed E-state index contributed by atoms with van der Waals surface area (Å²) in [5.41, 5.74) is 1.00. The molecule has 1 fully saturated rings. The molecular weight excluding hydrogens is 280 g/mol. The molecule has 0 N–H and O–H groups in total. The van der Waals surface area contributed by atoms with Gasteiger partial charge in [0, 0.05) is 7.11 Å². The van der Waals surface area contributed by atoms with Gasteiger partial charge in [-0.1, -0.05) is 17.7 Å². The van der Waals surface area contributed by atoms with Crippen molar-refractivity contribution in [2.24, 2.45) is 0 Å². The number of aryl methyl sites for hydroxylation is 1. The standard InChI is InChI=1S/C14H20O5S/c1-11-6-8-13(9-7-11)20(15,16)18-10-12-4-3-5-14(17-2)19-12/h6-9,12,14H,3-5,10H2,1-2H3. The van der Waals surface area contributed by atoms with E-state index in [2.05, 4.69) is 0 Å². The highest BCUT2D eigenvalue weighted by Crippen LogP contribution is 2.21. The van der Waals surface area contributed by atoms with Crippen LogP contribution >= 0.6 is 0 Å². The fourth-order valence-electron chi connectivity index (χ4n) is 2.10. The monoisotopic (exact) mass is 300 g/mol. The molecule has 0 saturated carbocycles. The molecule has 2 unspecified atom stereocenters. The van der Waals surface area contributed by atoms with Crippen LogP contribution in [-0.2, 0) is 23.8 Å². The van der Waals surface area contributed by atoms with E-state index in [1.165, 1.54) is 0 Å². The maximum absolute atomic E-state index is 12.0. The Morgan fingerprint density at radius 2 is 1.95 bits per heavy atom. The van der Waals surface area contributed by atoms with E-state index < -0.39 is 10.1 Å². The third-order valence-electron chi connectivity index (χ3n) is 3.29. The lowest BCUT2D eigenvalue weighted by atomic mass is 10.1. The molecule has 2 atom stereocenters. The van der Waals surface area contributed by atoms with Crippen LogP contribution in [-0.4, -0.2) is 34.5 Å². The summed E-state index contributed by atoms with van der Waals surface area (Å²) in [7, 11) is -2.14. The van der Waals surface area contributed by atoms with Gasteiger partial charge in [0.2, 0.25) is 0 Å². The van der Waals surface area contributed by atoms with E-state index in [0.29, 0.717) is 0 Å². The van der Waals surface area contributed by atoms with Crippen molar-refractivity contribution in [3.63, 3.8) is 0 Å². The van der Waals surface area contributed by atoms with Gasteiger partial charge in [0.25, 0.3) is 10.1 Å². The van der Waals surface area contributed by atoms with Crippen LogP contribution in [0.25, 0.3) is 0 Å². The van der Waals surface area contributed by atoms with Crippen LogP contribution in [0.3, 0.4) is 0 Å². The first-order valence-corrected chi connectivity index (χ1v) is 8.06. The third-order valence-corrected chi connectivity index (χ3v) is 4.59. The lowest BCUT2D eigenvalue weighted by Crippen LogP contribution is -2.32. The number of ether oxygens (including phenoxy) is 2. The Kier molecular flexibility index (Phi) is 5.15. The molecule has 6 heteroatoms. The van der Waals surface area contributed by atoms with Gasteiger partial charge in [-0.3, -0.25) is 4.18 Å². The molecular formula is C14H20O5S. The minimum Gasteiger partial charge on any atom is -0.356 e. The van der Waals surface area contributed by atoms with Crippen LogP contribution in [0, 0.1) is 6.92 Å². The van der Waals surface area contributed by atoms with E-state index in [1.807, 2.05) is 6.92 Å². The summed E-state index contributed by atoms with van der Waals surface area (Å²) in [5, 5.41) is 0. The molecule has 0 bridgehead atoms. The topological polar surface area (TPSA) is 61.8 Å². The Morgan fingerprint density at radius 1 is 1.25 bits per heavy atom. The predicted octanol–water partition coefficient (Wildman–Crippen LogP) is 2.24. The van der Waals surface area contributed by atoms with Gasteiger partial charge in [-0.15, -0.1) is 0 Å². The highest BCUT2D eigenvalue weighted by atomic mass is 32.2. The normalized spacial score (nSPS) is 23.7. The summed E-state index contributed by atoms with van der Waals surface area (Å²) in [5.74, 6) is 0. The zero-order valence-corrected chi connectivity index (χ0v) is 12.6. The maximum atomic E-state index is 12.0. The van der Waals surface area contributed by atoms with Crippen molar-refractivity contribution in [2.75, 3.05) is 13.7 Å². The second-order valence-electron chi connectivity index (χ2n) is 4.91. The SMILES string of the molecule is COC1CCCC(COS(=O)(=O)c2ccc(C)cc2)O1. The average Bonchev–Trinajstić information content (AvgIpc) is 2.46. The van der Waals surface area contributed by atoms with Gasteiger partial charge < -0.3 is 9.47 Å². The summed E-state index contributed by atoms with van der Waals surface area (Å²) in [6, 6.07) is 6.58. The zero-order chi connectivity index (χ0) is 14.6. The quantitative estimate of drug-likeness (QED) is 0.780. The van der Waals surface area contributed by atoms with Gasteiger partial charge >= 0.3 is 0 Å². The molecule has 1 saturated heterocycles. The van der Waals surface area contributed by atoms with E-state index in [9.17, 15) is 8.42 Å². The van der Waals surface area contributed by atoms with Crippen LogP contribution in [0.5, 0.6) is 0 Å². The molecule has 1 aliphatic rings. The van der Waals surface area contributed by atoms with Crippen LogP contribution in [0.15, 0.2) is 29.2 Å². The summed E-state index contributed by atoms with van der Waals surface area (Å²) in [6.07, 6.45) is 2.05. The van der Waals surface area contributed by atoms with Crippen molar-refractivity contribution < 1.29 is 22.1 Å². The Morgan fingerprint density at radius 3 is 2.60 bits per heavy atom. The molecule has 1 aromatic rings. The van der Waals surface area contributed by atoms with Gasteiger partial charge in [-0.2, -0.15) is 8.42 Å². The number of hydrogen-bond donors (Lipinski definition) is 0. The number of methoxy groups -OCH3 is 1.